The van der Waals surface area contributed by atoms with E-state index in [4.69, 9.17) is 11.6 Å². The number of piperidine rings is 1. The highest BCUT2D eigenvalue weighted by atomic mass is 35.5. The Morgan fingerprint density at radius 2 is 1.93 bits per heavy atom. The Bertz CT molecular complexity index is 951. The number of aryl methyl sites for hydroxylation is 1. The zero-order valence-electron chi connectivity index (χ0n) is 16.7. The number of carbonyl (C=O) groups excluding carboxylic acids is 2. The van der Waals surface area contributed by atoms with Gasteiger partial charge in [0.25, 0.3) is 0 Å². The van der Waals surface area contributed by atoms with Crippen LogP contribution in [-0.4, -0.2) is 72.9 Å². The summed E-state index contributed by atoms with van der Waals surface area (Å²) in [5, 5.41) is 0.518. The van der Waals surface area contributed by atoms with E-state index < -0.39 is 21.9 Å². The molecule has 0 N–H and O–H groups in total. The SMILES string of the molecule is Cc1ccc(N2C(=O)N(CC(=O)N3CCCC[C@@H]3C)[C@H]3CS(=O)(=O)C[C@@H]32)cc1Cl. The van der Waals surface area contributed by atoms with Crippen LogP contribution < -0.4 is 4.90 Å². The molecule has 3 saturated heterocycles. The van der Waals surface area contributed by atoms with Gasteiger partial charge in [0.1, 0.15) is 6.54 Å². The number of carbonyl (C=O) groups is 2. The van der Waals surface area contributed by atoms with Crippen LogP contribution in [0.5, 0.6) is 0 Å². The van der Waals surface area contributed by atoms with Crippen LogP contribution in [-0.2, 0) is 14.6 Å². The Balaban J connectivity index is 1.63. The summed E-state index contributed by atoms with van der Waals surface area (Å²) in [4.78, 5) is 31.0. The van der Waals surface area contributed by atoms with Gasteiger partial charge in [-0.15, -0.1) is 0 Å². The molecule has 158 valence electrons. The molecule has 7 nitrogen and oxygen atoms in total. The summed E-state index contributed by atoms with van der Waals surface area (Å²) < 4.78 is 24.7. The molecule has 3 aliphatic rings. The van der Waals surface area contributed by atoms with Gasteiger partial charge in [0.2, 0.25) is 5.91 Å². The molecule has 3 heterocycles. The van der Waals surface area contributed by atoms with Gasteiger partial charge in [-0.1, -0.05) is 17.7 Å². The van der Waals surface area contributed by atoms with Crippen molar-refractivity contribution in [2.45, 2.75) is 51.2 Å². The molecule has 0 radical (unpaired) electrons. The number of nitrogens with zero attached hydrogens (tertiary/aromatic N) is 3. The van der Waals surface area contributed by atoms with Crippen LogP contribution in [0.4, 0.5) is 10.5 Å². The number of hydrogen-bond donors (Lipinski definition) is 0. The number of sulfone groups is 1. The third-order valence-electron chi connectivity index (χ3n) is 6.34. The maximum atomic E-state index is 13.3. The van der Waals surface area contributed by atoms with Gasteiger partial charge < -0.3 is 9.80 Å². The highest BCUT2D eigenvalue weighted by molar-refractivity contribution is 7.91. The summed E-state index contributed by atoms with van der Waals surface area (Å²) >= 11 is 6.25. The van der Waals surface area contributed by atoms with E-state index >= 15 is 0 Å². The van der Waals surface area contributed by atoms with Gasteiger partial charge in [-0.05, 0) is 50.8 Å². The van der Waals surface area contributed by atoms with Crippen molar-refractivity contribution in [1.29, 1.82) is 0 Å². The Kier molecular flexibility index (Phi) is 5.27. The molecule has 3 fully saturated rings. The lowest BCUT2D eigenvalue weighted by atomic mass is 10.0. The van der Waals surface area contributed by atoms with Crippen LogP contribution in [0.15, 0.2) is 18.2 Å². The summed E-state index contributed by atoms with van der Waals surface area (Å²) in [5.74, 6) is -0.320. The molecular weight excluding hydrogens is 414 g/mol. The average Bonchev–Trinajstić information content (AvgIpc) is 3.08. The minimum atomic E-state index is -3.29. The number of rotatable bonds is 3. The highest BCUT2D eigenvalue weighted by Gasteiger charge is 2.54. The lowest BCUT2D eigenvalue weighted by Gasteiger charge is -2.35. The summed E-state index contributed by atoms with van der Waals surface area (Å²) in [6.07, 6.45) is 3.01. The number of benzene rings is 1. The number of hydrogen-bond acceptors (Lipinski definition) is 4. The summed E-state index contributed by atoms with van der Waals surface area (Å²) in [5.41, 5.74) is 1.45. The minimum absolute atomic E-state index is 0.0873. The maximum absolute atomic E-state index is 13.3. The number of fused-ring (bicyclic) bond motifs is 1. The van der Waals surface area contributed by atoms with Crippen molar-refractivity contribution >= 4 is 39.1 Å². The second kappa shape index (κ2) is 7.47. The average molecular weight is 440 g/mol. The standard InChI is InChI=1S/C20H26ClN3O4S/c1-13-6-7-15(9-16(13)21)24-18-12-29(27,28)11-17(18)23(20(24)26)10-19(25)22-8-4-3-5-14(22)2/h6-7,9,14,17-18H,3-5,8,10-12H2,1-2H3/t14-,17-,18-/m0/s1. The molecule has 1 aromatic carbocycles. The van der Waals surface area contributed by atoms with Gasteiger partial charge in [0, 0.05) is 23.3 Å². The highest BCUT2D eigenvalue weighted by Crippen LogP contribution is 2.36. The molecule has 0 aromatic heterocycles. The van der Waals surface area contributed by atoms with Gasteiger partial charge >= 0.3 is 6.03 Å². The van der Waals surface area contributed by atoms with Crippen molar-refractivity contribution in [1.82, 2.24) is 9.80 Å². The van der Waals surface area contributed by atoms with Gasteiger partial charge in [0.15, 0.2) is 9.84 Å². The fourth-order valence-corrected chi connectivity index (χ4v) is 6.83. The minimum Gasteiger partial charge on any atom is -0.338 e. The van der Waals surface area contributed by atoms with Crippen LogP contribution in [0.2, 0.25) is 5.02 Å². The Labute approximate surface area is 176 Å². The van der Waals surface area contributed by atoms with Crippen molar-refractivity contribution in [3.8, 4) is 0 Å². The third kappa shape index (κ3) is 3.72. The molecule has 3 aliphatic heterocycles. The van der Waals surface area contributed by atoms with E-state index in [1.54, 1.807) is 12.1 Å². The van der Waals surface area contributed by atoms with E-state index in [9.17, 15) is 18.0 Å². The van der Waals surface area contributed by atoms with Crippen LogP contribution in [0.1, 0.15) is 31.7 Å². The van der Waals surface area contributed by atoms with Crippen LogP contribution in [0.25, 0.3) is 0 Å². The first-order valence-corrected chi connectivity index (χ1v) is 12.2. The van der Waals surface area contributed by atoms with Crippen molar-refractivity contribution in [2.24, 2.45) is 0 Å². The lowest BCUT2D eigenvalue weighted by molar-refractivity contribution is -0.135. The smallest absolute Gasteiger partial charge is 0.325 e. The molecule has 3 atom stereocenters. The molecule has 0 unspecified atom stereocenters. The Morgan fingerprint density at radius 3 is 2.62 bits per heavy atom. The second-order valence-electron chi connectivity index (χ2n) is 8.36. The summed E-state index contributed by atoms with van der Waals surface area (Å²) in [7, 11) is -3.29. The normalized spacial score (nSPS) is 28.7. The Hall–Kier alpha value is -1.80. The van der Waals surface area contributed by atoms with E-state index in [1.807, 2.05) is 24.8 Å². The van der Waals surface area contributed by atoms with Gasteiger partial charge in [-0.2, -0.15) is 0 Å². The molecule has 1 aromatic rings. The Morgan fingerprint density at radius 1 is 1.21 bits per heavy atom. The first-order valence-electron chi connectivity index (χ1n) is 10.0. The summed E-state index contributed by atoms with van der Waals surface area (Å²) in [6, 6.07) is 4.08. The number of likely N-dealkylation sites (tertiary alicyclic amines) is 1. The molecule has 0 spiro atoms. The van der Waals surface area contributed by atoms with Gasteiger partial charge in [0.05, 0.1) is 23.6 Å². The largest absolute Gasteiger partial charge is 0.338 e. The van der Waals surface area contributed by atoms with E-state index in [0.29, 0.717) is 17.3 Å². The molecular formula is C20H26ClN3O4S. The number of halogens is 1. The topological polar surface area (TPSA) is 78.0 Å². The molecule has 3 amide bonds. The van der Waals surface area contributed by atoms with Crippen molar-refractivity contribution < 1.29 is 18.0 Å². The predicted octanol–water partition coefficient (Wildman–Crippen LogP) is 2.46. The molecule has 4 rings (SSSR count). The molecule has 9 heteroatoms. The summed E-state index contributed by atoms with van der Waals surface area (Å²) in [6.45, 7) is 4.49. The van der Waals surface area contributed by atoms with Crippen LogP contribution >= 0.6 is 11.6 Å². The monoisotopic (exact) mass is 439 g/mol. The number of anilines is 1. The number of urea groups is 1. The fourth-order valence-electron chi connectivity index (χ4n) is 4.70. The zero-order valence-corrected chi connectivity index (χ0v) is 18.2. The molecule has 0 saturated carbocycles. The van der Waals surface area contributed by atoms with Crippen molar-refractivity contribution in [3.05, 3.63) is 28.8 Å². The third-order valence-corrected chi connectivity index (χ3v) is 8.45. The fraction of sp³-hybridized carbons (Fsp3) is 0.600. The van der Waals surface area contributed by atoms with Crippen LogP contribution in [0, 0.1) is 6.92 Å². The zero-order chi connectivity index (χ0) is 20.9. The van der Waals surface area contributed by atoms with Crippen LogP contribution in [0.3, 0.4) is 0 Å². The van der Waals surface area contributed by atoms with E-state index in [0.717, 1.165) is 24.8 Å². The molecule has 0 bridgehead atoms. The van der Waals surface area contributed by atoms with Gasteiger partial charge in [-0.3, -0.25) is 9.69 Å². The molecule has 0 aliphatic carbocycles. The predicted molar refractivity (Wildman–Crippen MR) is 112 cm³/mol. The first-order chi connectivity index (χ1) is 13.7. The van der Waals surface area contributed by atoms with Crippen molar-refractivity contribution in [3.63, 3.8) is 0 Å². The van der Waals surface area contributed by atoms with E-state index in [-0.39, 0.29) is 36.0 Å². The lowest BCUT2D eigenvalue weighted by Crippen LogP contribution is -2.49. The van der Waals surface area contributed by atoms with Gasteiger partial charge in [-0.25, -0.2) is 13.2 Å². The quantitative estimate of drug-likeness (QED) is 0.678. The second-order valence-corrected chi connectivity index (χ2v) is 10.9. The van der Waals surface area contributed by atoms with E-state index in [1.165, 1.54) is 9.80 Å². The van der Waals surface area contributed by atoms with E-state index in [2.05, 4.69) is 0 Å². The van der Waals surface area contributed by atoms with Crippen molar-refractivity contribution in [2.75, 3.05) is 29.5 Å². The first kappa shape index (κ1) is 20.5. The number of amides is 3. The maximum Gasteiger partial charge on any atom is 0.325 e. The molecule has 29 heavy (non-hydrogen) atoms.